The van der Waals surface area contributed by atoms with Gasteiger partial charge in [0, 0.05) is 36.4 Å². The van der Waals surface area contributed by atoms with Gasteiger partial charge in [-0.3, -0.25) is 13.9 Å². The van der Waals surface area contributed by atoms with Crippen LogP contribution >= 0.6 is 15.9 Å². The Morgan fingerprint density at radius 3 is 2.19 bits per heavy atom. The lowest BCUT2D eigenvalue weighted by Crippen LogP contribution is -2.51. The average Bonchev–Trinajstić information content (AvgIpc) is 2.94. The third kappa shape index (κ3) is 9.87. The molecule has 8 nitrogen and oxygen atoms in total. The molecule has 0 bridgehead atoms. The zero-order valence-corrected chi connectivity index (χ0v) is 27.0. The molecular weight excluding hydrogens is 618 g/mol. The van der Waals surface area contributed by atoms with Crippen LogP contribution in [0.15, 0.2) is 83.3 Å². The Morgan fingerprint density at radius 2 is 1.57 bits per heavy atom. The largest absolute Gasteiger partial charge is 0.492 e. The van der Waals surface area contributed by atoms with Crippen molar-refractivity contribution in [3.8, 4) is 5.75 Å². The van der Waals surface area contributed by atoms with Gasteiger partial charge < -0.3 is 15.0 Å². The fraction of sp³-hybridized carbons (Fsp3) is 0.375. The van der Waals surface area contributed by atoms with Gasteiger partial charge in [-0.05, 0) is 62.6 Å². The molecule has 0 aliphatic heterocycles. The van der Waals surface area contributed by atoms with Crippen molar-refractivity contribution in [2.45, 2.75) is 58.7 Å². The molecule has 3 aromatic carbocycles. The van der Waals surface area contributed by atoms with Gasteiger partial charge in [0.15, 0.2) is 0 Å². The zero-order chi connectivity index (χ0) is 30.7. The zero-order valence-electron chi connectivity index (χ0n) is 24.6. The minimum absolute atomic E-state index is 0.0552. The maximum Gasteiger partial charge on any atom is 0.243 e. The van der Waals surface area contributed by atoms with Crippen molar-refractivity contribution in [2.24, 2.45) is 0 Å². The molecule has 1 atom stereocenters. The highest BCUT2D eigenvalue weighted by atomic mass is 79.9. The number of benzene rings is 3. The Balaban J connectivity index is 1.89. The Hall–Kier alpha value is -3.37. The molecule has 10 heteroatoms. The first-order valence-electron chi connectivity index (χ1n) is 14.1. The summed E-state index contributed by atoms with van der Waals surface area (Å²) in [5.41, 5.74) is 2.25. The molecule has 0 unspecified atom stereocenters. The van der Waals surface area contributed by atoms with Crippen LogP contribution in [0, 0.1) is 0 Å². The van der Waals surface area contributed by atoms with E-state index in [2.05, 4.69) is 21.2 Å². The van der Waals surface area contributed by atoms with Gasteiger partial charge in [-0.25, -0.2) is 8.42 Å². The van der Waals surface area contributed by atoms with E-state index in [4.69, 9.17) is 4.74 Å². The number of halogens is 1. The number of hydrogen-bond acceptors (Lipinski definition) is 5. The molecule has 0 aromatic heterocycles. The number of amides is 2. The highest BCUT2D eigenvalue weighted by Crippen LogP contribution is 2.30. The number of para-hydroxylation sites is 2. The first-order chi connectivity index (χ1) is 20.0. The summed E-state index contributed by atoms with van der Waals surface area (Å²) in [6, 6.07) is 23.4. The molecule has 42 heavy (non-hydrogen) atoms. The Morgan fingerprint density at radius 1 is 0.929 bits per heavy atom. The van der Waals surface area contributed by atoms with Crippen LogP contribution in [0.4, 0.5) is 5.69 Å². The van der Waals surface area contributed by atoms with Crippen molar-refractivity contribution < 1.29 is 22.7 Å². The summed E-state index contributed by atoms with van der Waals surface area (Å²) in [6.07, 6.45) is 1.80. The third-order valence-electron chi connectivity index (χ3n) is 6.55. The highest BCUT2D eigenvalue weighted by Gasteiger charge is 2.31. The smallest absolute Gasteiger partial charge is 0.243 e. The van der Waals surface area contributed by atoms with Crippen molar-refractivity contribution in [2.75, 3.05) is 23.7 Å². The first-order valence-corrected chi connectivity index (χ1v) is 16.7. The standard InChI is InChI=1S/C32H40BrN3O5S/c1-5-41-30-15-10-9-14-28(30)36(42(4,39)40)21-11-16-31(37)35(23-26-17-19-27(33)20-18-26)29(32(38)34-24(2)3)22-25-12-7-6-8-13-25/h6-10,12-15,17-20,24,29H,5,11,16,21-23H2,1-4H3,(H,34,38)/t29-/m0/s1. The molecule has 3 aromatic rings. The average molecular weight is 659 g/mol. The predicted molar refractivity (Wildman–Crippen MR) is 171 cm³/mol. The number of nitrogens with zero attached hydrogens (tertiary/aromatic N) is 2. The van der Waals surface area contributed by atoms with E-state index in [0.717, 1.165) is 21.9 Å². The molecule has 0 aliphatic carbocycles. The minimum atomic E-state index is -3.65. The first kappa shape index (κ1) is 33.1. The van der Waals surface area contributed by atoms with Crippen LogP contribution in [0.5, 0.6) is 5.75 Å². The van der Waals surface area contributed by atoms with Crippen LogP contribution in [0.2, 0.25) is 0 Å². The van der Waals surface area contributed by atoms with E-state index in [9.17, 15) is 18.0 Å². The molecule has 0 radical (unpaired) electrons. The number of carbonyl (C=O) groups excluding carboxylic acids is 2. The normalized spacial score (nSPS) is 12.0. The summed E-state index contributed by atoms with van der Waals surface area (Å²) in [7, 11) is -3.65. The van der Waals surface area contributed by atoms with E-state index >= 15 is 0 Å². The molecule has 226 valence electrons. The molecule has 2 amide bonds. The van der Waals surface area contributed by atoms with Crippen LogP contribution in [0.1, 0.15) is 44.7 Å². The summed E-state index contributed by atoms with van der Waals surface area (Å²) >= 11 is 3.45. The Bertz CT molecular complexity index is 1420. The van der Waals surface area contributed by atoms with E-state index < -0.39 is 16.1 Å². The number of hydrogen-bond donors (Lipinski definition) is 1. The van der Waals surface area contributed by atoms with E-state index in [-0.39, 0.29) is 43.8 Å². The SMILES string of the molecule is CCOc1ccccc1N(CCCC(=O)N(Cc1ccc(Br)cc1)[C@@H](Cc1ccccc1)C(=O)NC(C)C)S(C)(=O)=O. The number of rotatable bonds is 15. The molecule has 0 spiro atoms. The Labute approximate surface area is 258 Å². The summed E-state index contributed by atoms with van der Waals surface area (Å²) < 4.78 is 33.4. The number of anilines is 1. The quantitative estimate of drug-likeness (QED) is 0.231. The molecule has 0 saturated heterocycles. The predicted octanol–water partition coefficient (Wildman–Crippen LogP) is 5.56. The van der Waals surface area contributed by atoms with Crippen LogP contribution in [-0.2, 0) is 32.6 Å². The third-order valence-corrected chi connectivity index (χ3v) is 8.26. The van der Waals surface area contributed by atoms with Crippen molar-refractivity contribution in [1.82, 2.24) is 10.2 Å². The molecule has 0 saturated carbocycles. The summed E-state index contributed by atoms with van der Waals surface area (Å²) in [5, 5.41) is 2.99. The number of nitrogens with one attached hydrogen (secondary N) is 1. The summed E-state index contributed by atoms with van der Waals surface area (Å²) in [5.74, 6) is -0.00563. The van der Waals surface area contributed by atoms with Gasteiger partial charge in [0.2, 0.25) is 21.8 Å². The summed E-state index contributed by atoms with van der Waals surface area (Å²) in [4.78, 5) is 29.1. The molecule has 0 heterocycles. The fourth-order valence-corrected chi connectivity index (χ4v) is 5.88. The van der Waals surface area contributed by atoms with Gasteiger partial charge >= 0.3 is 0 Å². The molecular formula is C32H40BrN3O5S. The van der Waals surface area contributed by atoms with Crippen LogP contribution in [-0.4, -0.2) is 56.6 Å². The highest BCUT2D eigenvalue weighted by molar-refractivity contribution is 9.10. The second kappa shape index (κ2) is 15.7. The summed E-state index contributed by atoms with van der Waals surface area (Å²) in [6.45, 7) is 6.32. The van der Waals surface area contributed by atoms with Crippen molar-refractivity contribution in [1.29, 1.82) is 0 Å². The monoisotopic (exact) mass is 657 g/mol. The molecule has 3 rings (SSSR count). The lowest BCUT2D eigenvalue weighted by atomic mass is 10.0. The lowest BCUT2D eigenvalue weighted by Gasteiger charge is -2.32. The van der Waals surface area contributed by atoms with Crippen LogP contribution < -0.4 is 14.4 Å². The van der Waals surface area contributed by atoms with Gasteiger partial charge in [-0.1, -0.05) is 70.5 Å². The lowest BCUT2D eigenvalue weighted by molar-refractivity contribution is -0.141. The van der Waals surface area contributed by atoms with Gasteiger partial charge in [-0.2, -0.15) is 0 Å². The van der Waals surface area contributed by atoms with Crippen LogP contribution in [0.3, 0.4) is 0 Å². The van der Waals surface area contributed by atoms with Crippen LogP contribution in [0.25, 0.3) is 0 Å². The van der Waals surface area contributed by atoms with Gasteiger partial charge in [0.25, 0.3) is 0 Å². The van der Waals surface area contributed by atoms with Gasteiger partial charge in [-0.15, -0.1) is 0 Å². The number of sulfonamides is 1. The maximum atomic E-state index is 13.9. The minimum Gasteiger partial charge on any atom is -0.492 e. The van der Waals surface area contributed by atoms with Crippen molar-refractivity contribution in [3.05, 3.63) is 94.5 Å². The van der Waals surface area contributed by atoms with Gasteiger partial charge in [0.1, 0.15) is 11.8 Å². The second-order valence-electron chi connectivity index (χ2n) is 10.4. The number of carbonyl (C=O) groups is 2. The van der Waals surface area contributed by atoms with E-state index in [1.165, 1.54) is 4.31 Å². The second-order valence-corrected chi connectivity index (χ2v) is 13.2. The fourth-order valence-electron chi connectivity index (χ4n) is 4.64. The molecule has 0 aliphatic rings. The van der Waals surface area contributed by atoms with E-state index in [1.807, 2.05) is 75.4 Å². The Kier molecular flexibility index (Phi) is 12.4. The maximum absolute atomic E-state index is 13.9. The van der Waals surface area contributed by atoms with E-state index in [0.29, 0.717) is 24.5 Å². The van der Waals surface area contributed by atoms with Crippen molar-refractivity contribution in [3.63, 3.8) is 0 Å². The van der Waals surface area contributed by atoms with Crippen molar-refractivity contribution >= 4 is 43.5 Å². The topological polar surface area (TPSA) is 96.0 Å². The van der Waals surface area contributed by atoms with Gasteiger partial charge in [0.05, 0.1) is 18.6 Å². The van der Waals surface area contributed by atoms with E-state index in [1.54, 1.807) is 29.2 Å². The molecule has 0 fully saturated rings. The number of ether oxygens (including phenoxy) is 1. The molecule has 1 N–H and O–H groups in total.